The maximum atomic E-state index is 5.42. The van der Waals surface area contributed by atoms with Gasteiger partial charge in [0.25, 0.3) is 0 Å². The highest BCUT2D eigenvalue weighted by atomic mass is 15.2. The summed E-state index contributed by atoms with van der Waals surface area (Å²) >= 11 is 0. The zero-order valence-corrected chi connectivity index (χ0v) is 7.96. The van der Waals surface area contributed by atoms with Crippen molar-refractivity contribution in [2.24, 2.45) is 11.6 Å². The van der Waals surface area contributed by atoms with Crippen LogP contribution in [-0.4, -0.2) is 0 Å². The fourth-order valence-corrected chi connectivity index (χ4v) is 1.33. The molecule has 0 saturated carbocycles. The summed E-state index contributed by atoms with van der Waals surface area (Å²) in [4.78, 5) is 0. The molecule has 0 aliphatic carbocycles. The smallest absolute Gasteiger partial charge is 0.0716 e. The SMILES string of the molecule is Cc1ccc(/C(=C/N)NN)c(C)c1. The zero-order valence-electron chi connectivity index (χ0n) is 7.96. The van der Waals surface area contributed by atoms with Crippen molar-refractivity contribution in [2.45, 2.75) is 13.8 Å². The lowest BCUT2D eigenvalue weighted by Crippen LogP contribution is -2.21. The molecule has 0 heterocycles. The molecule has 1 aromatic rings. The van der Waals surface area contributed by atoms with Crippen molar-refractivity contribution in [3.63, 3.8) is 0 Å². The highest BCUT2D eigenvalue weighted by molar-refractivity contribution is 5.66. The number of hydrogen-bond acceptors (Lipinski definition) is 3. The molecular weight excluding hydrogens is 162 g/mol. The van der Waals surface area contributed by atoms with E-state index < -0.39 is 0 Å². The molecule has 1 rings (SSSR count). The lowest BCUT2D eigenvalue weighted by atomic mass is 10.0. The van der Waals surface area contributed by atoms with Gasteiger partial charge in [-0.2, -0.15) is 0 Å². The molecule has 3 nitrogen and oxygen atoms in total. The van der Waals surface area contributed by atoms with Gasteiger partial charge in [0.05, 0.1) is 5.70 Å². The molecule has 0 aliphatic rings. The lowest BCUT2D eigenvalue weighted by molar-refractivity contribution is 0.984. The average Bonchev–Trinajstić information content (AvgIpc) is 2.10. The van der Waals surface area contributed by atoms with Gasteiger partial charge in [0.2, 0.25) is 0 Å². The molecule has 5 N–H and O–H groups in total. The molecule has 0 unspecified atom stereocenters. The van der Waals surface area contributed by atoms with E-state index in [1.54, 1.807) is 0 Å². The number of rotatable bonds is 2. The number of nitrogens with one attached hydrogen (secondary N) is 1. The van der Waals surface area contributed by atoms with Crippen molar-refractivity contribution in [1.82, 2.24) is 5.43 Å². The van der Waals surface area contributed by atoms with E-state index in [0.29, 0.717) is 0 Å². The summed E-state index contributed by atoms with van der Waals surface area (Å²) in [7, 11) is 0. The summed E-state index contributed by atoms with van der Waals surface area (Å²) in [5.74, 6) is 5.32. The second-order valence-corrected chi connectivity index (χ2v) is 3.04. The van der Waals surface area contributed by atoms with Gasteiger partial charge in [-0.3, -0.25) is 5.84 Å². The molecule has 3 heteroatoms. The average molecular weight is 177 g/mol. The van der Waals surface area contributed by atoms with E-state index >= 15 is 0 Å². The van der Waals surface area contributed by atoms with E-state index in [1.165, 1.54) is 11.8 Å². The third kappa shape index (κ3) is 2.00. The van der Waals surface area contributed by atoms with Crippen molar-refractivity contribution >= 4 is 5.70 Å². The Balaban J connectivity index is 3.15. The molecule has 0 fully saturated rings. The Hall–Kier alpha value is -1.48. The highest BCUT2D eigenvalue weighted by Crippen LogP contribution is 2.16. The Morgan fingerprint density at radius 2 is 2.08 bits per heavy atom. The van der Waals surface area contributed by atoms with E-state index in [4.69, 9.17) is 11.6 Å². The van der Waals surface area contributed by atoms with Gasteiger partial charge in [0.15, 0.2) is 0 Å². The van der Waals surface area contributed by atoms with Crippen LogP contribution in [0, 0.1) is 13.8 Å². The fourth-order valence-electron chi connectivity index (χ4n) is 1.33. The van der Waals surface area contributed by atoms with Crippen molar-refractivity contribution in [3.8, 4) is 0 Å². The van der Waals surface area contributed by atoms with Crippen LogP contribution < -0.4 is 17.0 Å². The molecule has 0 atom stereocenters. The Kier molecular flexibility index (Phi) is 2.93. The minimum atomic E-state index is 0.748. The summed E-state index contributed by atoms with van der Waals surface area (Å²) in [6.07, 6.45) is 1.47. The summed E-state index contributed by atoms with van der Waals surface area (Å²) < 4.78 is 0. The third-order valence-corrected chi connectivity index (χ3v) is 1.99. The molecule has 13 heavy (non-hydrogen) atoms. The van der Waals surface area contributed by atoms with Crippen LogP contribution in [0.1, 0.15) is 16.7 Å². The Bertz CT molecular complexity index is 329. The monoisotopic (exact) mass is 177 g/mol. The van der Waals surface area contributed by atoms with E-state index in [0.717, 1.165) is 16.8 Å². The van der Waals surface area contributed by atoms with Crippen LogP contribution in [0.3, 0.4) is 0 Å². The zero-order chi connectivity index (χ0) is 9.84. The van der Waals surface area contributed by atoms with E-state index in [2.05, 4.69) is 18.4 Å². The van der Waals surface area contributed by atoms with Gasteiger partial charge in [0.1, 0.15) is 0 Å². The molecule has 0 bridgehead atoms. The molecule has 0 radical (unpaired) electrons. The third-order valence-electron chi connectivity index (χ3n) is 1.99. The number of hydrogen-bond donors (Lipinski definition) is 3. The number of benzene rings is 1. The molecule has 0 amide bonds. The number of aryl methyl sites for hydroxylation is 2. The van der Waals surface area contributed by atoms with Crippen LogP contribution >= 0.6 is 0 Å². The summed E-state index contributed by atoms with van der Waals surface area (Å²) in [6.45, 7) is 4.08. The van der Waals surface area contributed by atoms with Crippen LogP contribution in [0.25, 0.3) is 5.70 Å². The predicted molar refractivity (Wildman–Crippen MR) is 55.4 cm³/mol. The molecule has 70 valence electrons. The van der Waals surface area contributed by atoms with Crippen LogP contribution in [0.15, 0.2) is 24.4 Å². The largest absolute Gasteiger partial charge is 0.403 e. The second-order valence-electron chi connectivity index (χ2n) is 3.04. The van der Waals surface area contributed by atoms with Crippen LogP contribution in [-0.2, 0) is 0 Å². The first kappa shape index (κ1) is 9.61. The van der Waals surface area contributed by atoms with E-state index in [9.17, 15) is 0 Å². The second kappa shape index (κ2) is 3.96. The minimum Gasteiger partial charge on any atom is -0.403 e. The molecule has 0 spiro atoms. The van der Waals surface area contributed by atoms with Crippen molar-refractivity contribution in [2.75, 3.05) is 0 Å². The van der Waals surface area contributed by atoms with Crippen molar-refractivity contribution in [1.29, 1.82) is 0 Å². The molecule has 0 saturated heterocycles. The summed E-state index contributed by atoms with van der Waals surface area (Å²) in [5.41, 5.74) is 12.2. The Morgan fingerprint density at radius 3 is 2.54 bits per heavy atom. The molecular formula is C10H15N3. The summed E-state index contributed by atoms with van der Waals surface area (Å²) in [6, 6.07) is 6.13. The van der Waals surface area contributed by atoms with Crippen LogP contribution in [0.2, 0.25) is 0 Å². The quantitative estimate of drug-likeness (QED) is 0.467. The molecule has 0 aromatic heterocycles. The normalized spacial score (nSPS) is 11.5. The van der Waals surface area contributed by atoms with Gasteiger partial charge in [-0.25, -0.2) is 0 Å². The van der Waals surface area contributed by atoms with Gasteiger partial charge in [0, 0.05) is 11.8 Å². The standard InChI is InChI=1S/C10H15N3/c1-7-3-4-9(8(2)5-7)10(6-11)13-12/h3-6,13H,11-12H2,1-2H3/b10-6-. The summed E-state index contributed by atoms with van der Waals surface area (Å²) in [5, 5.41) is 0. The topological polar surface area (TPSA) is 64.1 Å². The van der Waals surface area contributed by atoms with Crippen molar-refractivity contribution < 1.29 is 0 Å². The molecule has 0 aliphatic heterocycles. The lowest BCUT2D eigenvalue weighted by Gasteiger charge is -2.09. The van der Waals surface area contributed by atoms with Crippen LogP contribution in [0.4, 0.5) is 0 Å². The Morgan fingerprint density at radius 1 is 1.38 bits per heavy atom. The number of nitrogens with two attached hydrogens (primary N) is 2. The predicted octanol–water partition coefficient (Wildman–Crippen LogP) is 1.02. The highest BCUT2D eigenvalue weighted by Gasteiger charge is 2.02. The first-order valence-corrected chi connectivity index (χ1v) is 4.15. The van der Waals surface area contributed by atoms with Gasteiger partial charge in [-0.15, -0.1) is 0 Å². The van der Waals surface area contributed by atoms with Gasteiger partial charge in [-0.1, -0.05) is 23.8 Å². The minimum absolute atomic E-state index is 0.748. The fraction of sp³-hybridized carbons (Fsp3) is 0.200. The van der Waals surface area contributed by atoms with Gasteiger partial charge in [-0.05, 0) is 19.4 Å². The first-order chi connectivity index (χ1) is 6.19. The Labute approximate surface area is 78.4 Å². The van der Waals surface area contributed by atoms with E-state index in [1.807, 2.05) is 19.1 Å². The van der Waals surface area contributed by atoms with Crippen LogP contribution in [0.5, 0.6) is 0 Å². The number of hydrazine groups is 1. The maximum absolute atomic E-state index is 5.42. The van der Waals surface area contributed by atoms with Crippen molar-refractivity contribution in [3.05, 3.63) is 41.1 Å². The first-order valence-electron chi connectivity index (χ1n) is 4.15. The molecule has 1 aromatic carbocycles. The maximum Gasteiger partial charge on any atom is 0.0716 e. The van der Waals surface area contributed by atoms with Gasteiger partial charge < -0.3 is 11.2 Å². The van der Waals surface area contributed by atoms with E-state index in [-0.39, 0.29) is 0 Å². The van der Waals surface area contributed by atoms with Gasteiger partial charge >= 0.3 is 0 Å².